The Morgan fingerprint density at radius 3 is 2.94 bits per heavy atom. The SMILES string of the molecule is Cc1ccn2nc(C3(CO)CCC3)nc2c1. The van der Waals surface area contributed by atoms with Crippen molar-refractivity contribution in [2.45, 2.75) is 31.6 Å². The molecule has 4 heteroatoms. The molecule has 0 radical (unpaired) electrons. The van der Waals surface area contributed by atoms with Gasteiger partial charge in [0.1, 0.15) is 0 Å². The van der Waals surface area contributed by atoms with Crippen molar-refractivity contribution in [3.63, 3.8) is 0 Å². The molecule has 1 N–H and O–H groups in total. The summed E-state index contributed by atoms with van der Waals surface area (Å²) in [6.45, 7) is 2.20. The first-order valence-corrected chi connectivity index (χ1v) is 5.68. The van der Waals surface area contributed by atoms with Crippen LogP contribution in [0.15, 0.2) is 18.3 Å². The first-order valence-electron chi connectivity index (χ1n) is 5.68. The van der Waals surface area contributed by atoms with Gasteiger partial charge in [-0.3, -0.25) is 0 Å². The molecular weight excluding hydrogens is 202 g/mol. The molecule has 0 aromatic carbocycles. The molecule has 0 spiro atoms. The van der Waals surface area contributed by atoms with Gasteiger partial charge in [-0.15, -0.1) is 0 Å². The minimum absolute atomic E-state index is 0.156. The van der Waals surface area contributed by atoms with Gasteiger partial charge in [0.2, 0.25) is 0 Å². The number of aryl methyl sites for hydroxylation is 1. The molecule has 1 saturated carbocycles. The van der Waals surface area contributed by atoms with Crippen molar-refractivity contribution in [1.29, 1.82) is 0 Å². The number of rotatable bonds is 2. The third-order valence-corrected chi connectivity index (χ3v) is 3.58. The predicted molar refractivity (Wildman–Crippen MR) is 60.3 cm³/mol. The molecule has 0 unspecified atom stereocenters. The second-order valence-corrected chi connectivity index (χ2v) is 4.73. The van der Waals surface area contributed by atoms with E-state index in [0.29, 0.717) is 0 Å². The molecule has 1 fully saturated rings. The lowest BCUT2D eigenvalue weighted by Crippen LogP contribution is -2.39. The first kappa shape index (κ1) is 9.78. The minimum Gasteiger partial charge on any atom is -0.395 e. The van der Waals surface area contributed by atoms with Crippen LogP contribution < -0.4 is 0 Å². The third kappa shape index (κ3) is 1.26. The fourth-order valence-electron chi connectivity index (χ4n) is 2.26. The predicted octanol–water partition coefficient (Wildman–Crippen LogP) is 1.45. The van der Waals surface area contributed by atoms with E-state index < -0.39 is 0 Å². The van der Waals surface area contributed by atoms with Gasteiger partial charge in [0.25, 0.3) is 0 Å². The average Bonchev–Trinajstić information content (AvgIpc) is 2.60. The minimum atomic E-state index is -0.167. The second-order valence-electron chi connectivity index (χ2n) is 4.73. The topological polar surface area (TPSA) is 50.4 Å². The molecule has 2 heterocycles. The molecule has 2 aromatic rings. The zero-order valence-electron chi connectivity index (χ0n) is 9.35. The highest BCUT2D eigenvalue weighted by atomic mass is 16.3. The standard InChI is InChI=1S/C12H15N3O/c1-9-3-6-15-10(7-9)13-11(14-15)12(8-16)4-2-5-12/h3,6-7,16H,2,4-5,8H2,1H3. The van der Waals surface area contributed by atoms with Crippen molar-refractivity contribution in [3.05, 3.63) is 29.7 Å². The molecule has 16 heavy (non-hydrogen) atoms. The van der Waals surface area contributed by atoms with E-state index in [2.05, 4.69) is 10.1 Å². The summed E-state index contributed by atoms with van der Waals surface area (Å²) >= 11 is 0. The van der Waals surface area contributed by atoms with Crippen molar-refractivity contribution in [2.75, 3.05) is 6.61 Å². The number of nitrogens with zero attached hydrogens (tertiary/aromatic N) is 3. The fraction of sp³-hybridized carbons (Fsp3) is 0.500. The highest BCUT2D eigenvalue weighted by Gasteiger charge is 2.41. The van der Waals surface area contributed by atoms with Crippen LogP contribution in [-0.4, -0.2) is 26.3 Å². The molecule has 2 aromatic heterocycles. The van der Waals surface area contributed by atoms with Gasteiger partial charge >= 0.3 is 0 Å². The molecule has 1 aliphatic carbocycles. The van der Waals surface area contributed by atoms with E-state index >= 15 is 0 Å². The lowest BCUT2D eigenvalue weighted by atomic mass is 9.69. The maximum Gasteiger partial charge on any atom is 0.160 e. The molecule has 0 atom stereocenters. The number of hydrogen-bond acceptors (Lipinski definition) is 3. The van der Waals surface area contributed by atoms with Gasteiger partial charge in [-0.25, -0.2) is 9.50 Å². The Hall–Kier alpha value is -1.42. The van der Waals surface area contributed by atoms with E-state index in [1.165, 1.54) is 5.56 Å². The van der Waals surface area contributed by atoms with E-state index in [1.807, 2.05) is 25.3 Å². The van der Waals surface area contributed by atoms with Crippen LogP contribution in [0.4, 0.5) is 0 Å². The summed E-state index contributed by atoms with van der Waals surface area (Å²) in [5, 5.41) is 13.9. The Kier molecular flexibility index (Phi) is 2.01. The van der Waals surface area contributed by atoms with Crippen molar-refractivity contribution in [1.82, 2.24) is 14.6 Å². The van der Waals surface area contributed by atoms with Gasteiger partial charge in [0.15, 0.2) is 11.5 Å². The van der Waals surface area contributed by atoms with E-state index in [-0.39, 0.29) is 12.0 Å². The summed E-state index contributed by atoms with van der Waals surface area (Å²) in [4.78, 5) is 4.53. The Morgan fingerprint density at radius 2 is 2.31 bits per heavy atom. The van der Waals surface area contributed by atoms with Gasteiger partial charge in [-0.05, 0) is 37.5 Å². The van der Waals surface area contributed by atoms with Crippen LogP contribution >= 0.6 is 0 Å². The number of aliphatic hydroxyl groups excluding tert-OH is 1. The van der Waals surface area contributed by atoms with Crippen LogP contribution in [0, 0.1) is 6.92 Å². The van der Waals surface area contributed by atoms with Gasteiger partial charge in [-0.2, -0.15) is 5.10 Å². The molecular formula is C12H15N3O. The number of aliphatic hydroxyl groups is 1. The molecule has 4 nitrogen and oxygen atoms in total. The molecule has 84 valence electrons. The summed E-state index contributed by atoms with van der Waals surface area (Å²) in [6, 6.07) is 4.03. The first-order chi connectivity index (χ1) is 7.73. The van der Waals surface area contributed by atoms with Crippen molar-refractivity contribution < 1.29 is 5.11 Å². The summed E-state index contributed by atoms with van der Waals surface area (Å²) in [7, 11) is 0. The number of fused-ring (bicyclic) bond motifs is 1. The largest absolute Gasteiger partial charge is 0.395 e. The Morgan fingerprint density at radius 1 is 1.50 bits per heavy atom. The molecule has 3 rings (SSSR count). The average molecular weight is 217 g/mol. The molecule has 0 bridgehead atoms. The normalized spacial score (nSPS) is 18.6. The lowest BCUT2D eigenvalue weighted by molar-refractivity contribution is 0.112. The maximum absolute atomic E-state index is 9.48. The Balaban J connectivity index is 2.11. The molecule has 1 aliphatic rings. The van der Waals surface area contributed by atoms with E-state index in [0.717, 1.165) is 30.7 Å². The monoisotopic (exact) mass is 217 g/mol. The Bertz CT molecular complexity index is 523. The van der Waals surface area contributed by atoms with Crippen molar-refractivity contribution >= 4 is 5.65 Å². The van der Waals surface area contributed by atoms with Crippen LogP contribution in [0.2, 0.25) is 0 Å². The van der Waals surface area contributed by atoms with Gasteiger partial charge in [0.05, 0.1) is 12.0 Å². The lowest BCUT2D eigenvalue weighted by Gasteiger charge is -2.37. The highest BCUT2D eigenvalue weighted by Crippen LogP contribution is 2.41. The smallest absolute Gasteiger partial charge is 0.160 e. The second kappa shape index (κ2) is 3.28. The Labute approximate surface area is 93.9 Å². The maximum atomic E-state index is 9.48. The van der Waals surface area contributed by atoms with Crippen LogP contribution in [0.1, 0.15) is 30.7 Å². The molecule has 0 aliphatic heterocycles. The summed E-state index contributed by atoms with van der Waals surface area (Å²) in [5.74, 6) is 0.798. The van der Waals surface area contributed by atoms with Crippen molar-refractivity contribution in [3.8, 4) is 0 Å². The van der Waals surface area contributed by atoms with Crippen molar-refractivity contribution in [2.24, 2.45) is 0 Å². The summed E-state index contributed by atoms with van der Waals surface area (Å²) < 4.78 is 1.79. The number of pyridine rings is 1. The third-order valence-electron chi connectivity index (χ3n) is 3.58. The highest BCUT2D eigenvalue weighted by molar-refractivity contribution is 5.41. The van der Waals surface area contributed by atoms with Crippen LogP contribution in [0.3, 0.4) is 0 Å². The zero-order valence-corrected chi connectivity index (χ0v) is 9.35. The van der Waals surface area contributed by atoms with Gasteiger partial charge < -0.3 is 5.11 Å². The van der Waals surface area contributed by atoms with Gasteiger partial charge in [0, 0.05) is 6.20 Å². The van der Waals surface area contributed by atoms with Crippen LogP contribution in [-0.2, 0) is 5.41 Å². The van der Waals surface area contributed by atoms with E-state index in [1.54, 1.807) is 4.52 Å². The van der Waals surface area contributed by atoms with Gasteiger partial charge in [-0.1, -0.05) is 6.42 Å². The molecule has 0 saturated heterocycles. The summed E-state index contributed by atoms with van der Waals surface area (Å²) in [6.07, 6.45) is 5.08. The van der Waals surface area contributed by atoms with Crippen LogP contribution in [0.25, 0.3) is 5.65 Å². The summed E-state index contributed by atoms with van der Waals surface area (Å²) in [5.41, 5.74) is 1.88. The van der Waals surface area contributed by atoms with E-state index in [9.17, 15) is 5.11 Å². The van der Waals surface area contributed by atoms with E-state index in [4.69, 9.17) is 0 Å². The fourth-order valence-corrected chi connectivity index (χ4v) is 2.26. The zero-order chi connectivity index (χ0) is 11.2. The molecule has 0 amide bonds. The number of hydrogen-bond donors (Lipinski definition) is 1. The number of aromatic nitrogens is 3. The van der Waals surface area contributed by atoms with Crippen LogP contribution in [0.5, 0.6) is 0 Å². The quantitative estimate of drug-likeness (QED) is 0.828.